The van der Waals surface area contributed by atoms with Crippen molar-refractivity contribution in [2.75, 3.05) is 24.3 Å². The zero-order valence-electron chi connectivity index (χ0n) is 17.9. The van der Waals surface area contributed by atoms with Gasteiger partial charge in [0.15, 0.2) is 0 Å². The molecule has 9 N–H and O–H groups in total. The summed E-state index contributed by atoms with van der Waals surface area (Å²) in [7, 11) is 0. The van der Waals surface area contributed by atoms with Gasteiger partial charge in [-0.05, 0) is 37.8 Å². The number of thioether (sulfide) groups is 1. The maximum absolute atomic E-state index is 12.8. The summed E-state index contributed by atoms with van der Waals surface area (Å²) in [5.74, 6) is -4.79. The van der Waals surface area contributed by atoms with Gasteiger partial charge < -0.3 is 37.6 Å². The van der Waals surface area contributed by atoms with Crippen molar-refractivity contribution >= 4 is 54.1 Å². The summed E-state index contributed by atoms with van der Waals surface area (Å²) in [5.41, 5.74) is 11.3. The van der Waals surface area contributed by atoms with Crippen molar-refractivity contribution in [3.63, 3.8) is 0 Å². The average Bonchev–Trinajstić information content (AvgIpc) is 2.73. The van der Waals surface area contributed by atoms with E-state index in [1.807, 2.05) is 0 Å². The molecule has 14 heteroatoms. The maximum Gasteiger partial charge on any atom is 0.327 e. The summed E-state index contributed by atoms with van der Waals surface area (Å²) in [6, 6.07) is -4.82. The molecule has 32 heavy (non-hydrogen) atoms. The molecule has 0 heterocycles. The lowest BCUT2D eigenvalue weighted by molar-refractivity contribution is -0.143. The Hall–Kier alpha value is -2.03. The predicted octanol–water partition coefficient (Wildman–Crippen LogP) is -1.86. The average molecular weight is 496 g/mol. The number of aliphatic carboxylic acids is 2. The molecule has 0 radical (unpaired) electrons. The number of rotatable bonds is 17. The minimum Gasteiger partial charge on any atom is -0.481 e. The van der Waals surface area contributed by atoms with Gasteiger partial charge in [0.1, 0.15) is 18.1 Å². The van der Waals surface area contributed by atoms with Crippen molar-refractivity contribution in [1.29, 1.82) is 0 Å². The zero-order valence-corrected chi connectivity index (χ0v) is 19.6. The third-order valence-corrected chi connectivity index (χ3v) is 5.37. The number of carboxylic acid groups (broad SMARTS) is 2. The molecule has 0 fully saturated rings. The third-order valence-electron chi connectivity index (χ3n) is 4.36. The van der Waals surface area contributed by atoms with Gasteiger partial charge in [-0.1, -0.05) is 6.42 Å². The van der Waals surface area contributed by atoms with Gasteiger partial charge in [-0.2, -0.15) is 24.4 Å². The first-order chi connectivity index (χ1) is 15.1. The third kappa shape index (κ3) is 12.1. The van der Waals surface area contributed by atoms with Crippen LogP contribution in [0.1, 0.15) is 32.1 Å². The van der Waals surface area contributed by atoms with Crippen LogP contribution >= 0.6 is 24.4 Å². The van der Waals surface area contributed by atoms with Crippen molar-refractivity contribution in [1.82, 2.24) is 16.0 Å². The fourth-order valence-corrected chi connectivity index (χ4v) is 3.26. The largest absolute Gasteiger partial charge is 0.481 e. The highest BCUT2D eigenvalue weighted by Crippen LogP contribution is 2.05. The van der Waals surface area contributed by atoms with E-state index in [-0.39, 0.29) is 12.2 Å². The van der Waals surface area contributed by atoms with Crippen molar-refractivity contribution in [2.45, 2.75) is 56.3 Å². The first kappa shape index (κ1) is 30.0. The second-order valence-electron chi connectivity index (χ2n) is 6.97. The Kier molecular flexibility index (Phi) is 15.5. The fraction of sp³-hybridized carbons (Fsp3) is 0.722. The number of thiol groups is 1. The standard InChI is InChI=1S/C18H33N5O7S2/c1-32-7-5-11(21-15(26)10(20)4-2-3-6-19)16(27)22-12(8-14(24)25)17(28)23-13(9-31)18(29)30/h10-13,31H,2-9,19-20H2,1H3,(H,21,26)(H,22,27)(H,23,28)(H,24,25)(H,29,30). The van der Waals surface area contributed by atoms with Crippen molar-refractivity contribution < 1.29 is 34.2 Å². The monoisotopic (exact) mass is 495 g/mol. The Labute approximate surface area is 196 Å². The van der Waals surface area contributed by atoms with E-state index in [1.54, 1.807) is 6.26 Å². The maximum atomic E-state index is 12.8. The minimum absolute atomic E-state index is 0.212. The summed E-state index contributed by atoms with van der Waals surface area (Å²) in [5, 5.41) is 25.1. The summed E-state index contributed by atoms with van der Waals surface area (Å²) in [4.78, 5) is 59.8. The van der Waals surface area contributed by atoms with Crippen LogP contribution in [0.25, 0.3) is 0 Å². The molecule has 0 rings (SSSR count). The van der Waals surface area contributed by atoms with Crippen molar-refractivity contribution in [3.8, 4) is 0 Å². The highest BCUT2D eigenvalue weighted by molar-refractivity contribution is 7.98. The van der Waals surface area contributed by atoms with Gasteiger partial charge in [-0.25, -0.2) is 4.79 Å². The molecule has 184 valence electrons. The smallest absolute Gasteiger partial charge is 0.327 e. The summed E-state index contributed by atoms with van der Waals surface area (Å²) < 4.78 is 0. The molecule has 0 bridgehead atoms. The van der Waals surface area contributed by atoms with Crippen molar-refractivity contribution in [2.24, 2.45) is 11.5 Å². The molecular weight excluding hydrogens is 462 g/mol. The van der Waals surface area contributed by atoms with E-state index in [4.69, 9.17) is 21.7 Å². The molecule has 12 nitrogen and oxygen atoms in total. The first-order valence-corrected chi connectivity index (χ1v) is 12.0. The van der Waals surface area contributed by atoms with E-state index in [0.29, 0.717) is 31.6 Å². The van der Waals surface area contributed by atoms with Gasteiger partial charge in [0, 0.05) is 5.75 Å². The Morgan fingerprint density at radius 3 is 1.97 bits per heavy atom. The predicted molar refractivity (Wildman–Crippen MR) is 123 cm³/mol. The molecule has 3 amide bonds. The van der Waals surface area contributed by atoms with Crippen molar-refractivity contribution in [3.05, 3.63) is 0 Å². The van der Waals surface area contributed by atoms with E-state index in [1.165, 1.54) is 11.8 Å². The van der Waals surface area contributed by atoms with Crippen LogP contribution < -0.4 is 27.4 Å². The molecule has 0 aliphatic rings. The van der Waals surface area contributed by atoms with Crippen LogP contribution in [0.5, 0.6) is 0 Å². The second kappa shape index (κ2) is 16.6. The molecule has 0 saturated carbocycles. The topological polar surface area (TPSA) is 214 Å². The number of hydrogen-bond donors (Lipinski definition) is 8. The minimum atomic E-state index is -1.55. The van der Waals surface area contributed by atoms with Gasteiger partial charge in [-0.3, -0.25) is 19.2 Å². The quantitative estimate of drug-likeness (QED) is 0.0831. The Morgan fingerprint density at radius 1 is 0.906 bits per heavy atom. The molecule has 0 aromatic heterocycles. The summed E-state index contributed by atoms with van der Waals surface area (Å²) in [6.45, 7) is 0.468. The number of carboxylic acids is 2. The Morgan fingerprint density at radius 2 is 1.47 bits per heavy atom. The number of nitrogens with two attached hydrogens (primary N) is 2. The van der Waals surface area contributed by atoms with Gasteiger partial charge >= 0.3 is 11.9 Å². The van der Waals surface area contributed by atoms with E-state index in [0.717, 1.165) is 0 Å². The molecule has 0 saturated heterocycles. The second-order valence-corrected chi connectivity index (χ2v) is 8.33. The number of nitrogens with one attached hydrogen (secondary N) is 3. The van der Waals surface area contributed by atoms with Gasteiger partial charge in [0.05, 0.1) is 12.5 Å². The Bertz CT molecular complexity index is 653. The highest BCUT2D eigenvalue weighted by Gasteiger charge is 2.31. The number of carbonyl (C=O) groups excluding carboxylic acids is 3. The number of carbonyl (C=O) groups is 5. The fourth-order valence-electron chi connectivity index (χ4n) is 2.54. The number of unbranched alkanes of at least 4 members (excludes halogenated alkanes) is 1. The first-order valence-electron chi connectivity index (χ1n) is 9.98. The van der Waals surface area contributed by atoms with E-state index in [9.17, 15) is 24.0 Å². The van der Waals surface area contributed by atoms with Crippen LogP contribution in [0, 0.1) is 0 Å². The van der Waals surface area contributed by atoms with E-state index < -0.39 is 60.2 Å². The van der Waals surface area contributed by atoms with Gasteiger partial charge in [0.2, 0.25) is 17.7 Å². The van der Waals surface area contributed by atoms with E-state index >= 15 is 0 Å². The summed E-state index contributed by atoms with van der Waals surface area (Å²) >= 11 is 5.25. The van der Waals surface area contributed by atoms with Crippen LogP contribution in [0.2, 0.25) is 0 Å². The molecular formula is C18H33N5O7S2. The van der Waals surface area contributed by atoms with Crippen LogP contribution in [0.15, 0.2) is 0 Å². The van der Waals surface area contributed by atoms with E-state index in [2.05, 4.69) is 28.6 Å². The van der Waals surface area contributed by atoms with Crippen LogP contribution in [0.4, 0.5) is 0 Å². The van der Waals surface area contributed by atoms with Gasteiger partial charge in [-0.15, -0.1) is 0 Å². The lowest BCUT2D eigenvalue weighted by Crippen LogP contribution is -2.57. The Balaban J connectivity index is 5.30. The lowest BCUT2D eigenvalue weighted by Gasteiger charge is -2.24. The molecule has 0 spiro atoms. The van der Waals surface area contributed by atoms with Crippen LogP contribution in [-0.4, -0.2) is 88.3 Å². The molecule has 0 aromatic rings. The molecule has 0 aliphatic heterocycles. The summed E-state index contributed by atoms with van der Waals surface area (Å²) in [6.07, 6.45) is 2.96. The van der Waals surface area contributed by atoms with Gasteiger partial charge in [0.25, 0.3) is 0 Å². The van der Waals surface area contributed by atoms with Crippen LogP contribution in [0.3, 0.4) is 0 Å². The highest BCUT2D eigenvalue weighted by atomic mass is 32.2. The number of amides is 3. The molecule has 0 aromatic carbocycles. The lowest BCUT2D eigenvalue weighted by atomic mass is 10.1. The normalized spacial score (nSPS) is 14.5. The molecule has 4 unspecified atom stereocenters. The molecule has 0 aliphatic carbocycles. The SMILES string of the molecule is CSCCC(NC(=O)C(N)CCCCN)C(=O)NC(CC(=O)O)C(=O)NC(CS)C(=O)O. The van der Waals surface area contributed by atoms with Crippen LogP contribution in [-0.2, 0) is 24.0 Å². The number of hydrogen-bond acceptors (Lipinski definition) is 9. The zero-order chi connectivity index (χ0) is 24.7. The molecule has 4 atom stereocenters.